The molecule has 0 spiro atoms. The van der Waals surface area contributed by atoms with Crippen LogP contribution in [-0.2, 0) is 4.74 Å². The molecular formula is C13H24N2O2. The van der Waals surface area contributed by atoms with Gasteiger partial charge in [-0.1, -0.05) is 13.8 Å². The van der Waals surface area contributed by atoms with Gasteiger partial charge in [0.05, 0.1) is 13.2 Å². The number of hydrogen-bond acceptors (Lipinski definition) is 2. The quantitative estimate of drug-likeness (QED) is 0.752. The first-order valence-corrected chi connectivity index (χ1v) is 6.82. The van der Waals surface area contributed by atoms with E-state index in [2.05, 4.69) is 18.7 Å². The van der Waals surface area contributed by atoms with Crippen LogP contribution in [0, 0.1) is 5.92 Å². The third kappa shape index (κ3) is 3.60. The van der Waals surface area contributed by atoms with Crippen LogP contribution in [0.4, 0.5) is 4.79 Å². The summed E-state index contributed by atoms with van der Waals surface area (Å²) in [5, 5.41) is 0. The molecule has 4 nitrogen and oxygen atoms in total. The fraction of sp³-hybridized carbons (Fsp3) is 0.923. The van der Waals surface area contributed by atoms with E-state index in [1.165, 1.54) is 12.8 Å². The Morgan fingerprint density at radius 2 is 2.00 bits per heavy atom. The number of rotatable bonds is 4. The van der Waals surface area contributed by atoms with Gasteiger partial charge in [-0.15, -0.1) is 0 Å². The van der Waals surface area contributed by atoms with Crippen molar-refractivity contribution in [3.63, 3.8) is 0 Å². The average molecular weight is 240 g/mol. The van der Waals surface area contributed by atoms with Crippen LogP contribution in [0.15, 0.2) is 0 Å². The number of carbonyl (C=O) groups excluding carboxylic acids is 1. The van der Waals surface area contributed by atoms with Gasteiger partial charge in [-0.2, -0.15) is 0 Å². The molecule has 1 heterocycles. The van der Waals surface area contributed by atoms with Gasteiger partial charge in [0, 0.05) is 25.7 Å². The largest absolute Gasteiger partial charge is 0.378 e. The summed E-state index contributed by atoms with van der Waals surface area (Å²) < 4.78 is 5.29. The number of carbonyl (C=O) groups is 1. The minimum absolute atomic E-state index is 0.233. The first-order valence-electron chi connectivity index (χ1n) is 6.82. The molecule has 2 aliphatic rings. The number of nitrogens with zero attached hydrogens (tertiary/aromatic N) is 2. The molecular weight excluding hydrogens is 216 g/mol. The van der Waals surface area contributed by atoms with Gasteiger partial charge in [0.2, 0.25) is 0 Å². The molecule has 1 saturated heterocycles. The molecule has 0 aromatic carbocycles. The smallest absolute Gasteiger partial charge is 0.320 e. The Hall–Kier alpha value is -0.770. The molecule has 2 fully saturated rings. The number of morpholine rings is 1. The summed E-state index contributed by atoms with van der Waals surface area (Å²) in [4.78, 5) is 16.4. The molecule has 0 aromatic rings. The molecule has 0 bridgehead atoms. The maximum Gasteiger partial charge on any atom is 0.320 e. The van der Waals surface area contributed by atoms with Crippen LogP contribution >= 0.6 is 0 Å². The molecule has 1 aliphatic heterocycles. The summed E-state index contributed by atoms with van der Waals surface area (Å²) in [5.41, 5.74) is 0. The van der Waals surface area contributed by atoms with Gasteiger partial charge >= 0.3 is 6.03 Å². The lowest BCUT2D eigenvalue weighted by molar-refractivity contribution is 0.0422. The fourth-order valence-corrected chi connectivity index (χ4v) is 2.15. The maximum absolute atomic E-state index is 12.4. The minimum Gasteiger partial charge on any atom is -0.378 e. The highest BCUT2D eigenvalue weighted by molar-refractivity contribution is 5.75. The van der Waals surface area contributed by atoms with Crippen molar-refractivity contribution in [2.45, 2.75) is 39.2 Å². The Morgan fingerprint density at radius 3 is 2.53 bits per heavy atom. The van der Waals surface area contributed by atoms with Crippen LogP contribution in [0.3, 0.4) is 0 Å². The van der Waals surface area contributed by atoms with Crippen molar-refractivity contribution in [2.75, 3.05) is 32.8 Å². The Balaban J connectivity index is 1.87. The van der Waals surface area contributed by atoms with Crippen molar-refractivity contribution >= 4 is 6.03 Å². The maximum atomic E-state index is 12.4. The zero-order valence-corrected chi connectivity index (χ0v) is 11.0. The lowest BCUT2D eigenvalue weighted by atomic mass is 10.1. The van der Waals surface area contributed by atoms with Crippen LogP contribution in [0.2, 0.25) is 0 Å². The lowest BCUT2D eigenvalue weighted by Gasteiger charge is -2.33. The molecule has 4 heteroatoms. The van der Waals surface area contributed by atoms with Gasteiger partial charge in [0.15, 0.2) is 0 Å². The zero-order valence-electron chi connectivity index (χ0n) is 11.0. The van der Waals surface area contributed by atoms with Crippen molar-refractivity contribution in [3.8, 4) is 0 Å². The van der Waals surface area contributed by atoms with E-state index in [-0.39, 0.29) is 6.03 Å². The summed E-state index contributed by atoms with van der Waals surface area (Å²) >= 11 is 0. The van der Waals surface area contributed by atoms with Gasteiger partial charge in [0.25, 0.3) is 0 Å². The number of hydrogen-bond donors (Lipinski definition) is 0. The number of ether oxygens (including phenoxy) is 1. The Bertz CT molecular complexity index is 258. The second kappa shape index (κ2) is 5.71. The van der Waals surface area contributed by atoms with E-state index in [0.29, 0.717) is 25.2 Å². The fourth-order valence-electron chi connectivity index (χ4n) is 2.15. The topological polar surface area (TPSA) is 32.8 Å². The Labute approximate surface area is 104 Å². The van der Waals surface area contributed by atoms with E-state index in [0.717, 1.165) is 26.1 Å². The average Bonchev–Trinajstić information content (AvgIpc) is 3.14. The van der Waals surface area contributed by atoms with Gasteiger partial charge in [-0.05, 0) is 25.2 Å². The van der Waals surface area contributed by atoms with E-state index in [1.54, 1.807) is 0 Å². The highest BCUT2D eigenvalue weighted by atomic mass is 16.5. The zero-order chi connectivity index (χ0) is 12.3. The minimum atomic E-state index is 0.233. The summed E-state index contributed by atoms with van der Waals surface area (Å²) in [6, 6.07) is 0.751. The van der Waals surface area contributed by atoms with E-state index in [1.807, 2.05) is 4.90 Å². The molecule has 0 N–H and O–H groups in total. The molecule has 2 rings (SSSR count). The van der Waals surface area contributed by atoms with E-state index in [9.17, 15) is 4.79 Å². The normalized spacial score (nSPS) is 20.8. The number of urea groups is 1. The molecule has 2 amide bonds. The SMILES string of the molecule is CC(C)CCN(C(=O)N1CCOCC1)C1CC1. The van der Waals surface area contributed by atoms with Crippen LogP contribution in [0.25, 0.3) is 0 Å². The van der Waals surface area contributed by atoms with Crippen molar-refractivity contribution < 1.29 is 9.53 Å². The van der Waals surface area contributed by atoms with Crippen LogP contribution < -0.4 is 0 Å². The summed E-state index contributed by atoms with van der Waals surface area (Å²) in [7, 11) is 0. The molecule has 0 aromatic heterocycles. The van der Waals surface area contributed by atoms with Crippen LogP contribution in [-0.4, -0.2) is 54.7 Å². The summed E-state index contributed by atoms with van der Waals surface area (Å²) in [6.45, 7) is 8.23. The standard InChI is InChI=1S/C13H24N2O2/c1-11(2)5-6-15(12-3-4-12)13(16)14-7-9-17-10-8-14/h11-12H,3-10H2,1-2H3. The Morgan fingerprint density at radius 1 is 1.35 bits per heavy atom. The van der Waals surface area contributed by atoms with Gasteiger partial charge in [-0.25, -0.2) is 4.79 Å². The van der Waals surface area contributed by atoms with Crippen molar-refractivity contribution in [1.82, 2.24) is 9.80 Å². The third-order valence-electron chi connectivity index (χ3n) is 3.46. The second-order valence-electron chi connectivity index (χ2n) is 5.49. The molecule has 1 saturated carbocycles. The first-order chi connectivity index (χ1) is 8.18. The number of amides is 2. The van der Waals surface area contributed by atoms with E-state index in [4.69, 9.17) is 4.74 Å². The van der Waals surface area contributed by atoms with Gasteiger partial charge < -0.3 is 14.5 Å². The highest BCUT2D eigenvalue weighted by Gasteiger charge is 2.34. The molecule has 1 aliphatic carbocycles. The molecule has 17 heavy (non-hydrogen) atoms. The second-order valence-corrected chi connectivity index (χ2v) is 5.49. The molecule has 0 radical (unpaired) electrons. The van der Waals surface area contributed by atoms with Crippen LogP contribution in [0.5, 0.6) is 0 Å². The van der Waals surface area contributed by atoms with E-state index < -0.39 is 0 Å². The van der Waals surface area contributed by atoms with E-state index >= 15 is 0 Å². The third-order valence-corrected chi connectivity index (χ3v) is 3.46. The molecule has 0 atom stereocenters. The predicted molar refractivity (Wildman–Crippen MR) is 67.0 cm³/mol. The molecule has 98 valence electrons. The monoisotopic (exact) mass is 240 g/mol. The summed E-state index contributed by atoms with van der Waals surface area (Å²) in [6.07, 6.45) is 3.48. The lowest BCUT2D eigenvalue weighted by Crippen LogP contribution is -2.49. The van der Waals surface area contributed by atoms with Gasteiger partial charge in [-0.3, -0.25) is 0 Å². The molecule has 0 unspecified atom stereocenters. The van der Waals surface area contributed by atoms with Crippen molar-refractivity contribution in [1.29, 1.82) is 0 Å². The van der Waals surface area contributed by atoms with Gasteiger partial charge in [0.1, 0.15) is 0 Å². The van der Waals surface area contributed by atoms with Crippen LogP contribution in [0.1, 0.15) is 33.1 Å². The highest BCUT2D eigenvalue weighted by Crippen LogP contribution is 2.28. The van der Waals surface area contributed by atoms with Crippen molar-refractivity contribution in [2.24, 2.45) is 5.92 Å². The predicted octanol–water partition coefficient (Wildman–Crippen LogP) is 1.95. The summed E-state index contributed by atoms with van der Waals surface area (Å²) in [5.74, 6) is 0.661. The Kier molecular flexibility index (Phi) is 4.26. The first kappa shape index (κ1) is 12.7. The van der Waals surface area contributed by atoms with Crippen molar-refractivity contribution in [3.05, 3.63) is 0 Å².